The zero-order chi connectivity index (χ0) is 16.6. The van der Waals surface area contributed by atoms with Crippen molar-refractivity contribution < 1.29 is 14.3 Å². The van der Waals surface area contributed by atoms with Crippen LogP contribution < -0.4 is 10.6 Å². The summed E-state index contributed by atoms with van der Waals surface area (Å²) in [6.07, 6.45) is 6.99. The van der Waals surface area contributed by atoms with Gasteiger partial charge in [-0.25, -0.2) is 4.79 Å². The first-order valence-corrected chi connectivity index (χ1v) is 8.58. The van der Waals surface area contributed by atoms with E-state index in [1.165, 1.54) is 32.1 Å². The summed E-state index contributed by atoms with van der Waals surface area (Å²) in [6, 6.07) is 0.320. The van der Waals surface area contributed by atoms with Crippen LogP contribution in [0.15, 0.2) is 0 Å². The summed E-state index contributed by atoms with van der Waals surface area (Å²) < 4.78 is 5.13. The second-order valence-electron chi connectivity index (χ2n) is 7.19. The maximum atomic E-state index is 12.0. The van der Waals surface area contributed by atoms with Gasteiger partial charge >= 0.3 is 6.09 Å². The molecule has 0 spiro atoms. The highest BCUT2D eigenvalue weighted by Gasteiger charge is 2.27. The highest BCUT2D eigenvalue weighted by molar-refractivity contribution is 5.77. The average molecular weight is 312 g/mol. The number of unbranched alkanes of at least 4 members (excludes halogenated alkanes) is 1. The summed E-state index contributed by atoms with van der Waals surface area (Å²) in [5, 5.41) is 5.75. The molecule has 5 nitrogen and oxygen atoms in total. The molecule has 0 aromatic heterocycles. The van der Waals surface area contributed by atoms with Gasteiger partial charge in [-0.3, -0.25) is 4.79 Å². The second kappa shape index (κ2) is 9.01. The Bertz CT molecular complexity index is 363. The Hall–Kier alpha value is -1.26. The van der Waals surface area contributed by atoms with Crippen LogP contribution in [-0.2, 0) is 9.53 Å². The number of nitrogens with one attached hydrogen (secondary N) is 2. The molecule has 2 N–H and O–H groups in total. The van der Waals surface area contributed by atoms with Crippen molar-refractivity contribution in [3.05, 3.63) is 0 Å². The lowest BCUT2D eigenvalue weighted by Gasteiger charge is -2.21. The van der Waals surface area contributed by atoms with Crippen LogP contribution in [-0.4, -0.2) is 30.2 Å². The number of ether oxygens (including phenoxy) is 1. The average Bonchev–Trinajstić information content (AvgIpc) is 2.81. The second-order valence-corrected chi connectivity index (χ2v) is 7.19. The van der Waals surface area contributed by atoms with Gasteiger partial charge in [0.2, 0.25) is 5.91 Å². The van der Waals surface area contributed by atoms with Gasteiger partial charge in [-0.1, -0.05) is 26.2 Å². The fourth-order valence-electron chi connectivity index (χ4n) is 2.91. The molecule has 0 aromatic carbocycles. The zero-order valence-electron chi connectivity index (χ0n) is 14.5. The minimum atomic E-state index is -0.511. The SMILES string of the molecule is CCCCC1CCCC1NC(=O)CCNC(=O)OC(C)(C)C. The van der Waals surface area contributed by atoms with Crippen molar-refractivity contribution >= 4 is 12.0 Å². The molecule has 1 rings (SSSR count). The van der Waals surface area contributed by atoms with Gasteiger partial charge in [-0.2, -0.15) is 0 Å². The van der Waals surface area contributed by atoms with Crippen LogP contribution in [0.3, 0.4) is 0 Å². The van der Waals surface area contributed by atoms with Gasteiger partial charge in [0.25, 0.3) is 0 Å². The van der Waals surface area contributed by atoms with Gasteiger partial charge < -0.3 is 15.4 Å². The fraction of sp³-hybridized carbons (Fsp3) is 0.882. The van der Waals surface area contributed by atoms with E-state index in [9.17, 15) is 9.59 Å². The molecule has 1 aliphatic carbocycles. The van der Waals surface area contributed by atoms with Crippen molar-refractivity contribution in [2.75, 3.05) is 6.54 Å². The molecule has 1 fully saturated rings. The van der Waals surface area contributed by atoms with Crippen molar-refractivity contribution in [2.45, 2.75) is 84.3 Å². The number of hydrogen-bond donors (Lipinski definition) is 2. The third-order valence-corrected chi connectivity index (χ3v) is 3.95. The summed E-state index contributed by atoms with van der Waals surface area (Å²) >= 11 is 0. The van der Waals surface area contributed by atoms with Crippen molar-refractivity contribution in [3.63, 3.8) is 0 Å². The minimum Gasteiger partial charge on any atom is -0.444 e. The van der Waals surface area contributed by atoms with E-state index in [2.05, 4.69) is 17.6 Å². The lowest BCUT2D eigenvalue weighted by atomic mass is 9.97. The molecule has 0 heterocycles. The summed E-state index contributed by atoms with van der Waals surface area (Å²) in [7, 11) is 0. The maximum Gasteiger partial charge on any atom is 0.407 e. The van der Waals surface area contributed by atoms with Crippen molar-refractivity contribution in [1.29, 1.82) is 0 Å². The van der Waals surface area contributed by atoms with Crippen molar-refractivity contribution in [3.8, 4) is 0 Å². The normalized spacial score (nSPS) is 21.5. The molecular weight excluding hydrogens is 280 g/mol. The molecule has 0 aromatic rings. The Morgan fingerprint density at radius 1 is 1.23 bits per heavy atom. The van der Waals surface area contributed by atoms with Crippen LogP contribution in [0.4, 0.5) is 4.79 Å². The number of carbonyl (C=O) groups is 2. The van der Waals surface area contributed by atoms with E-state index in [4.69, 9.17) is 4.74 Å². The third-order valence-electron chi connectivity index (χ3n) is 3.95. The summed E-state index contributed by atoms with van der Waals surface area (Å²) in [5.41, 5.74) is -0.511. The van der Waals surface area contributed by atoms with Crippen LogP contribution in [0.5, 0.6) is 0 Å². The Labute approximate surface area is 134 Å². The van der Waals surface area contributed by atoms with E-state index in [0.29, 0.717) is 24.9 Å². The van der Waals surface area contributed by atoms with E-state index in [-0.39, 0.29) is 5.91 Å². The lowest BCUT2D eigenvalue weighted by Crippen LogP contribution is -2.39. The third kappa shape index (κ3) is 7.66. The molecule has 2 atom stereocenters. The Morgan fingerprint density at radius 2 is 1.95 bits per heavy atom. The van der Waals surface area contributed by atoms with Gasteiger partial charge in [-0.05, 0) is 46.0 Å². The van der Waals surface area contributed by atoms with E-state index in [0.717, 1.165) is 6.42 Å². The highest BCUT2D eigenvalue weighted by atomic mass is 16.6. The van der Waals surface area contributed by atoms with Crippen LogP contribution in [0.25, 0.3) is 0 Å². The van der Waals surface area contributed by atoms with Gasteiger partial charge in [-0.15, -0.1) is 0 Å². The molecule has 22 heavy (non-hydrogen) atoms. The van der Waals surface area contributed by atoms with Crippen LogP contribution in [0.1, 0.15) is 72.6 Å². The summed E-state index contributed by atoms with van der Waals surface area (Å²) in [5.74, 6) is 0.646. The monoisotopic (exact) mass is 312 g/mol. The Balaban J connectivity index is 2.21. The number of alkyl carbamates (subject to hydrolysis) is 1. The first-order valence-electron chi connectivity index (χ1n) is 8.58. The molecule has 1 saturated carbocycles. The fourth-order valence-corrected chi connectivity index (χ4v) is 2.91. The van der Waals surface area contributed by atoms with Gasteiger partial charge in [0.05, 0.1) is 0 Å². The van der Waals surface area contributed by atoms with Crippen LogP contribution in [0.2, 0.25) is 0 Å². The topological polar surface area (TPSA) is 67.4 Å². The standard InChI is InChI=1S/C17H32N2O3/c1-5-6-8-13-9-7-10-14(13)19-15(20)11-12-18-16(21)22-17(2,3)4/h13-14H,5-12H2,1-4H3,(H,18,21)(H,19,20). The zero-order valence-corrected chi connectivity index (χ0v) is 14.5. The number of carbonyl (C=O) groups excluding carboxylic acids is 2. The largest absolute Gasteiger partial charge is 0.444 e. The number of amides is 2. The Morgan fingerprint density at radius 3 is 2.59 bits per heavy atom. The summed E-state index contributed by atoms with van der Waals surface area (Å²) in [4.78, 5) is 23.5. The number of hydrogen-bond acceptors (Lipinski definition) is 3. The van der Waals surface area contributed by atoms with E-state index in [1.807, 2.05) is 20.8 Å². The highest BCUT2D eigenvalue weighted by Crippen LogP contribution is 2.29. The molecule has 2 amide bonds. The molecular formula is C17H32N2O3. The predicted molar refractivity (Wildman–Crippen MR) is 87.7 cm³/mol. The van der Waals surface area contributed by atoms with Gasteiger partial charge in [0.15, 0.2) is 0 Å². The first-order chi connectivity index (χ1) is 10.3. The molecule has 128 valence electrons. The van der Waals surface area contributed by atoms with Crippen molar-refractivity contribution in [2.24, 2.45) is 5.92 Å². The molecule has 0 bridgehead atoms. The number of rotatable bonds is 7. The van der Waals surface area contributed by atoms with Crippen molar-refractivity contribution in [1.82, 2.24) is 10.6 Å². The minimum absolute atomic E-state index is 0.0180. The Kier molecular flexibility index (Phi) is 7.69. The smallest absolute Gasteiger partial charge is 0.407 e. The first kappa shape index (κ1) is 18.8. The predicted octanol–water partition coefficient (Wildman–Crippen LogP) is 3.38. The molecule has 2 unspecified atom stereocenters. The lowest BCUT2D eigenvalue weighted by molar-refractivity contribution is -0.121. The van der Waals surface area contributed by atoms with Crippen LogP contribution in [0, 0.1) is 5.92 Å². The van der Waals surface area contributed by atoms with Gasteiger partial charge in [0.1, 0.15) is 5.60 Å². The molecule has 0 radical (unpaired) electrons. The van der Waals surface area contributed by atoms with Crippen LogP contribution >= 0.6 is 0 Å². The summed E-state index contributed by atoms with van der Waals surface area (Å²) in [6.45, 7) is 7.96. The maximum absolute atomic E-state index is 12.0. The van der Waals surface area contributed by atoms with E-state index in [1.54, 1.807) is 0 Å². The molecule has 5 heteroatoms. The molecule has 0 saturated heterocycles. The van der Waals surface area contributed by atoms with E-state index < -0.39 is 11.7 Å². The van der Waals surface area contributed by atoms with Gasteiger partial charge in [0, 0.05) is 19.0 Å². The molecule has 1 aliphatic rings. The van der Waals surface area contributed by atoms with E-state index >= 15 is 0 Å². The molecule has 0 aliphatic heterocycles. The quantitative estimate of drug-likeness (QED) is 0.757.